The Morgan fingerprint density at radius 2 is 2.26 bits per heavy atom. The topological polar surface area (TPSA) is 66.4 Å². The summed E-state index contributed by atoms with van der Waals surface area (Å²) in [5.41, 5.74) is 0.585. The van der Waals surface area contributed by atoms with Gasteiger partial charge in [0, 0.05) is 16.3 Å². The van der Waals surface area contributed by atoms with Crippen molar-refractivity contribution in [3.05, 3.63) is 28.2 Å². The first-order valence-electron chi connectivity index (χ1n) is 6.02. The fourth-order valence-electron chi connectivity index (χ4n) is 1.97. The molecular weight excluding hydrogens is 350 g/mol. The van der Waals surface area contributed by atoms with Gasteiger partial charge in [-0.25, -0.2) is 13.1 Å². The quantitative estimate of drug-likeness (QED) is 0.857. The molecule has 1 aliphatic rings. The highest BCUT2D eigenvalue weighted by Crippen LogP contribution is 2.25. The highest BCUT2D eigenvalue weighted by molar-refractivity contribution is 9.10. The van der Waals surface area contributed by atoms with Gasteiger partial charge in [0.2, 0.25) is 10.0 Å². The van der Waals surface area contributed by atoms with Gasteiger partial charge in [0.15, 0.2) is 0 Å². The largest absolute Gasteiger partial charge is 0.392 e. The highest BCUT2D eigenvalue weighted by Gasteiger charge is 2.24. The predicted molar refractivity (Wildman–Crippen MR) is 80.7 cm³/mol. The summed E-state index contributed by atoms with van der Waals surface area (Å²) >= 11 is 5.03. The van der Waals surface area contributed by atoms with Crippen LogP contribution in [0.2, 0.25) is 0 Å². The number of aliphatic hydroxyl groups excluding tert-OH is 1. The summed E-state index contributed by atoms with van der Waals surface area (Å²) in [4.78, 5) is 0.189. The number of halogens is 1. The van der Waals surface area contributed by atoms with E-state index in [1.54, 1.807) is 23.9 Å². The minimum Gasteiger partial charge on any atom is -0.392 e. The first kappa shape index (κ1) is 15.3. The highest BCUT2D eigenvalue weighted by atomic mass is 79.9. The molecule has 1 unspecified atom stereocenters. The summed E-state index contributed by atoms with van der Waals surface area (Å²) in [7, 11) is -3.54. The van der Waals surface area contributed by atoms with Crippen LogP contribution in [0, 0.1) is 0 Å². The molecule has 0 saturated carbocycles. The molecule has 1 atom stereocenters. The molecule has 19 heavy (non-hydrogen) atoms. The second-order valence-electron chi connectivity index (χ2n) is 4.46. The Kier molecular flexibility index (Phi) is 5.30. The number of thioether (sulfide) groups is 1. The van der Waals surface area contributed by atoms with Crippen molar-refractivity contribution >= 4 is 37.7 Å². The lowest BCUT2D eigenvalue weighted by atomic mass is 10.2. The van der Waals surface area contributed by atoms with Crippen molar-refractivity contribution in [3.8, 4) is 0 Å². The van der Waals surface area contributed by atoms with Crippen LogP contribution in [0.25, 0.3) is 0 Å². The van der Waals surface area contributed by atoms with Crippen molar-refractivity contribution in [1.82, 2.24) is 4.72 Å². The summed E-state index contributed by atoms with van der Waals surface area (Å²) in [5.74, 6) is 1.92. The van der Waals surface area contributed by atoms with E-state index in [1.807, 2.05) is 0 Å². The van der Waals surface area contributed by atoms with Gasteiger partial charge in [0.1, 0.15) is 0 Å². The van der Waals surface area contributed by atoms with Crippen LogP contribution in [0.3, 0.4) is 0 Å². The molecule has 0 amide bonds. The Bertz CT molecular complexity index is 542. The first-order chi connectivity index (χ1) is 9.03. The third-order valence-corrected chi connectivity index (χ3v) is 6.68. The van der Waals surface area contributed by atoms with E-state index in [2.05, 4.69) is 20.7 Å². The van der Waals surface area contributed by atoms with E-state index in [-0.39, 0.29) is 17.5 Å². The number of hydrogen-bond donors (Lipinski definition) is 2. The van der Waals surface area contributed by atoms with Crippen LogP contribution in [0.15, 0.2) is 27.6 Å². The van der Waals surface area contributed by atoms with E-state index in [9.17, 15) is 8.42 Å². The Hall–Kier alpha value is -0.0800. The fraction of sp³-hybridized carbons (Fsp3) is 0.500. The van der Waals surface area contributed by atoms with Crippen LogP contribution >= 0.6 is 27.7 Å². The molecule has 4 nitrogen and oxygen atoms in total. The number of benzene rings is 1. The molecule has 0 aromatic heterocycles. The predicted octanol–water partition coefficient (Wildman–Crippen LogP) is 2.12. The van der Waals surface area contributed by atoms with E-state index in [0.717, 1.165) is 24.3 Å². The minimum atomic E-state index is -3.54. The van der Waals surface area contributed by atoms with Gasteiger partial charge in [-0.05, 0) is 52.2 Å². The van der Waals surface area contributed by atoms with Crippen LogP contribution in [0.5, 0.6) is 0 Å². The third kappa shape index (κ3) is 3.95. The van der Waals surface area contributed by atoms with Gasteiger partial charge >= 0.3 is 0 Å². The molecular formula is C12H16BrNO3S2. The molecule has 2 rings (SSSR count). The van der Waals surface area contributed by atoms with Crippen molar-refractivity contribution < 1.29 is 13.5 Å². The molecule has 2 N–H and O–H groups in total. The van der Waals surface area contributed by atoms with Crippen LogP contribution in [-0.4, -0.2) is 31.1 Å². The van der Waals surface area contributed by atoms with Crippen LogP contribution in [0.1, 0.15) is 18.4 Å². The number of aliphatic hydroxyl groups is 1. The summed E-state index contributed by atoms with van der Waals surface area (Å²) in [6.45, 7) is -0.172. The average molecular weight is 366 g/mol. The molecule has 1 heterocycles. The summed E-state index contributed by atoms with van der Waals surface area (Å²) in [5, 5.41) is 9.11. The molecule has 1 saturated heterocycles. The number of sulfonamides is 1. The monoisotopic (exact) mass is 365 g/mol. The van der Waals surface area contributed by atoms with Crippen LogP contribution < -0.4 is 4.72 Å². The Labute approximate surface area is 126 Å². The van der Waals surface area contributed by atoms with Crippen molar-refractivity contribution in [2.24, 2.45) is 0 Å². The van der Waals surface area contributed by atoms with Crippen molar-refractivity contribution in [3.63, 3.8) is 0 Å². The second kappa shape index (κ2) is 6.58. The number of hydrogen-bond acceptors (Lipinski definition) is 4. The molecule has 0 bridgehead atoms. The zero-order valence-electron chi connectivity index (χ0n) is 10.3. The molecule has 0 aliphatic carbocycles. The van der Waals surface area contributed by atoms with Crippen LogP contribution in [0.4, 0.5) is 0 Å². The van der Waals surface area contributed by atoms with Crippen molar-refractivity contribution in [1.29, 1.82) is 0 Å². The first-order valence-corrected chi connectivity index (χ1v) is 9.45. The van der Waals surface area contributed by atoms with E-state index in [0.29, 0.717) is 10.0 Å². The molecule has 0 spiro atoms. The van der Waals surface area contributed by atoms with Crippen molar-refractivity contribution in [2.75, 3.05) is 11.5 Å². The smallest absolute Gasteiger partial charge is 0.241 e. The van der Waals surface area contributed by atoms with Gasteiger partial charge in [-0.3, -0.25) is 0 Å². The maximum absolute atomic E-state index is 12.4. The standard InChI is InChI=1S/C12H16BrNO3S2/c13-11-4-3-9(7-15)6-12(11)19(16,17)14-10-2-1-5-18-8-10/h3-4,6,10,14-15H,1-2,5,7-8H2. The van der Waals surface area contributed by atoms with Gasteiger partial charge in [-0.1, -0.05) is 6.07 Å². The molecule has 1 aromatic carbocycles. The zero-order valence-corrected chi connectivity index (χ0v) is 13.5. The van der Waals surface area contributed by atoms with Gasteiger partial charge in [-0.2, -0.15) is 11.8 Å². The Morgan fingerprint density at radius 3 is 2.89 bits per heavy atom. The molecule has 1 fully saturated rings. The molecule has 7 heteroatoms. The van der Waals surface area contributed by atoms with Gasteiger partial charge in [-0.15, -0.1) is 0 Å². The van der Waals surface area contributed by atoms with Gasteiger partial charge in [0.05, 0.1) is 11.5 Å². The number of rotatable bonds is 4. The molecule has 106 valence electrons. The lowest BCUT2D eigenvalue weighted by Gasteiger charge is -2.22. The van der Waals surface area contributed by atoms with Gasteiger partial charge < -0.3 is 5.11 Å². The normalized spacial score (nSPS) is 20.4. The summed E-state index contributed by atoms with van der Waals surface area (Å²) in [6, 6.07) is 4.84. The van der Waals surface area contributed by atoms with Crippen LogP contribution in [-0.2, 0) is 16.6 Å². The summed E-state index contributed by atoms with van der Waals surface area (Å²) < 4.78 is 28.0. The van der Waals surface area contributed by atoms with E-state index >= 15 is 0 Å². The Balaban J connectivity index is 2.23. The summed E-state index contributed by atoms with van der Waals surface area (Å²) in [6.07, 6.45) is 1.92. The maximum atomic E-state index is 12.4. The van der Waals surface area contributed by atoms with Gasteiger partial charge in [0.25, 0.3) is 0 Å². The lowest BCUT2D eigenvalue weighted by Crippen LogP contribution is -2.38. The van der Waals surface area contributed by atoms with E-state index in [1.165, 1.54) is 6.07 Å². The van der Waals surface area contributed by atoms with E-state index < -0.39 is 10.0 Å². The van der Waals surface area contributed by atoms with Crippen molar-refractivity contribution in [2.45, 2.75) is 30.4 Å². The molecule has 1 aliphatic heterocycles. The fourth-order valence-corrected chi connectivity index (χ4v) is 5.43. The second-order valence-corrected chi connectivity index (χ2v) is 8.14. The Morgan fingerprint density at radius 1 is 1.47 bits per heavy atom. The van der Waals surface area contributed by atoms with E-state index in [4.69, 9.17) is 5.11 Å². The molecule has 1 aromatic rings. The third-order valence-electron chi connectivity index (χ3n) is 2.95. The minimum absolute atomic E-state index is 0.00608. The number of nitrogens with one attached hydrogen (secondary N) is 1. The maximum Gasteiger partial charge on any atom is 0.241 e. The molecule has 0 radical (unpaired) electrons. The SMILES string of the molecule is O=S(=O)(NC1CCCSC1)c1cc(CO)ccc1Br. The average Bonchev–Trinajstić information content (AvgIpc) is 2.39. The lowest BCUT2D eigenvalue weighted by molar-refractivity contribution is 0.281. The zero-order chi connectivity index (χ0) is 13.9.